The molecule has 12 heavy (non-hydrogen) atoms. The molecule has 4 nitrogen and oxygen atoms in total. The fourth-order valence-corrected chi connectivity index (χ4v) is 1.11. The van der Waals surface area contributed by atoms with E-state index in [4.69, 9.17) is 9.52 Å². The molecule has 1 aromatic heterocycles. The highest BCUT2D eigenvalue weighted by Gasteiger charge is 2.26. The van der Waals surface area contributed by atoms with Gasteiger partial charge in [0.2, 0.25) is 0 Å². The van der Waals surface area contributed by atoms with Gasteiger partial charge in [0.05, 0.1) is 6.20 Å². The Kier molecular flexibility index (Phi) is 2.47. The van der Waals surface area contributed by atoms with Crippen LogP contribution in [0.15, 0.2) is 17.0 Å². The minimum absolute atomic E-state index is 0.00968. The van der Waals surface area contributed by atoms with Crippen LogP contribution in [-0.2, 0) is 4.79 Å². The molecule has 0 aliphatic carbocycles. The maximum Gasteiger partial charge on any atom is 0.314 e. The molecule has 0 spiro atoms. The van der Waals surface area contributed by atoms with Crippen LogP contribution in [0.4, 0.5) is 0 Å². The number of hydrogen-bond donors (Lipinski definition) is 1. The van der Waals surface area contributed by atoms with Gasteiger partial charge in [-0.1, -0.05) is 13.8 Å². The topological polar surface area (TPSA) is 63.3 Å². The van der Waals surface area contributed by atoms with Crippen molar-refractivity contribution >= 4 is 5.97 Å². The number of nitrogens with zero attached hydrogens (tertiary/aromatic N) is 1. The van der Waals surface area contributed by atoms with E-state index >= 15 is 0 Å². The van der Waals surface area contributed by atoms with Gasteiger partial charge in [0.25, 0.3) is 0 Å². The Morgan fingerprint density at radius 3 is 2.67 bits per heavy atom. The molecule has 0 aromatic carbocycles. The second-order valence-electron chi connectivity index (χ2n) is 2.96. The van der Waals surface area contributed by atoms with Gasteiger partial charge in [-0.3, -0.25) is 4.79 Å². The van der Waals surface area contributed by atoms with Crippen LogP contribution < -0.4 is 0 Å². The third-order valence-corrected chi connectivity index (χ3v) is 1.69. The first kappa shape index (κ1) is 8.77. The van der Waals surface area contributed by atoms with E-state index in [-0.39, 0.29) is 5.92 Å². The first-order valence-corrected chi connectivity index (χ1v) is 3.74. The van der Waals surface area contributed by atoms with Gasteiger partial charge in [-0.25, -0.2) is 4.98 Å². The van der Waals surface area contributed by atoms with Crippen LogP contribution in [0.1, 0.15) is 25.5 Å². The van der Waals surface area contributed by atoms with Crippen molar-refractivity contribution in [1.82, 2.24) is 4.98 Å². The lowest BCUT2D eigenvalue weighted by molar-refractivity contribution is -0.140. The van der Waals surface area contributed by atoms with E-state index in [0.717, 1.165) is 0 Å². The average Bonchev–Trinajstić information content (AvgIpc) is 2.37. The summed E-state index contributed by atoms with van der Waals surface area (Å²) in [5.74, 6) is -1.04. The van der Waals surface area contributed by atoms with Crippen molar-refractivity contribution < 1.29 is 14.3 Å². The van der Waals surface area contributed by atoms with Crippen LogP contribution in [0.25, 0.3) is 0 Å². The Balaban J connectivity index is 2.88. The number of rotatable bonds is 3. The third kappa shape index (κ3) is 1.64. The van der Waals surface area contributed by atoms with Gasteiger partial charge in [-0.2, -0.15) is 0 Å². The van der Waals surface area contributed by atoms with Crippen LogP contribution in [0.3, 0.4) is 0 Å². The molecule has 1 N–H and O–H groups in total. The minimum atomic E-state index is -0.873. The zero-order chi connectivity index (χ0) is 9.14. The fraction of sp³-hybridized carbons (Fsp3) is 0.500. The molecule has 0 fully saturated rings. The second kappa shape index (κ2) is 3.38. The number of carboxylic acid groups (broad SMARTS) is 1. The molecule has 4 heteroatoms. The molecule has 0 radical (unpaired) electrons. The van der Waals surface area contributed by atoms with Gasteiger partial charge in [0.15, 0.2) is 6.39 Å². The van der Waals surface area contributed by atoms with Crippen LogP contribution >= 0.6 is 0 Å². The summed E-state index contributed by atoms with van der Waals surface area (Å²) in [7, 11) is 0. The third-order valence-electron chi connectivity index (χ3n) is 1.69. The molecule has 1 atom stereocenters. The van der Waals surface area contributed by atoms with Crippen LogP contribution in [0.2, 0.25) is 0 Å². The van der Waals surface area contributed by atoms with E-state index in [0.29, 0.717) is 5.76 Å². The van der Waals surface area contributed by atoms with E-state index in [2.05, 4.69) is 4.98 Å². The highest BCUT2D eigenvalue weighted by atomic mass is 16.4. The fourth-order valence-electron chi connectivity index (χ4n) is 1.11. The molecule has 1 rings (SSSR count). The normalized spacial score (nSPS) is 13.2. The minimum Gasteiger partial charge on any atom is -0.481 e. The highest BCUT2D eigenvalue weighted by molar-refractivity contribution is 5.75. The summed E-state index contributed by atoms with van der Waals surface area (Å²) in [5.41, 5.74) is 0. The van der Waals surface area contributed by atoms with E-state index in [1.54, 1.807) is 0 Å². The summed E-state index contributed by atoms with van der Waals surface area (Å²) in [4.78, 5) is 14.4. The SMILES string of the molecule is CC(C)C(C(=O)O)c1cnco1. The van der Waals surface area contributed by atoms with E-state index in [1.165, 1.54) is 12.6 Å². The van der Waals surface area contributed by atoms with Gasteiger partial charge in [0, 0.05) is 0 Å². The highest BCUT2D eigenvalue weighted by Crippen LogP contribution is 2.23. The van der Waals surface area contributed by atoms with E-state index in [1.807, 2.05) is 13.8 Å². The maximum absolute atomic E-state index is 10.8. The molecule has 0 aliphatic rings. The molecule has 0 bridgehead atoms. The quantitative estimate of drug-likeness (QED) is 0.744. The molecule has 1 heterocycles. The van der Waals surface area contributed by atoms with Gasteiger partial charge in [-0.15, -0.1) is 0 Å². The number of oxazole rings is 1. The van der Waals surface area contributed by atoms with Crippen molar-refractivity contribution in [3.63, 3.8) is 0 Å². The second-order valence-corrected chi connectivity index (χ2v) is 2.96. The van der Waals surface area contributed by atoms with Crippen molar-refractivity contribution in [3.05, 3.63) is 18.4 Å². The Hall–Kier alpha value is -1.32. The van der Waals surface area contributed by atoms with Gasteiger partial charge >= 0.3 is 5.97 Å². The number of aromatic nitrogens is 1. The summed E-state index contributed by atoms with van der Waals surface area (Å²) in [6.07, 6.45) is 2.69. The predicted octanol–water partition coefficient (Wildman–Crippen LogP) is 1.50. The molecule has 66 valence electrons. The van der Waals surface area contributed by atoms with Crippen molar-refractivity contribution in [2.45, 2.75) is 19.8 Å². The smallest absolute Gasteiger partial charge is 0.314 e. The monoisotopic (exact) mass is 169 g/mol. The van der Waals surface area contributed by atoms with Gasteiger partial charge in [-0.05, 0) is 5.92 Å². The molecular weight excluding hydrogens is 158 g/mol. The summed E-state index contributed by atoms with van der Waals surface area (Å²) in [6.45, 7) is 3.67. The van der Waals surface area contributed by atoms with Crippen LogP contribution in [0, 0.1) is 5.92 Å². The maximum atomic E-state index is 10.8. The van der Waals surface area contributed by atoms with Crippen molar-refractivity contribution in [2.24, 2.45) is 5.92 Å². The lowest BCUT2D eigenvalue weighted by Crippen LogP contribution is -2.16. The van der Waals surface area contributed by atoms with Crippen LogP contribution in [0.5, 0.6) is 0 Å². The molecule has 1 unspecified atom stereocenters. The van der Waals surface area contributed by atoms with Crippen molar-refractivity contribution in [2.75, 3.05) is 0 Å². The zero-order valence-corrected chi connectivity index (χ0v) is 7.02. The van der Waals surface area contributed by atoms with Crippen molar-refractivity contribution in [3.8, 4) is 0 Å². The Bertz CT molecular complexity index is 253. The summed E-state index contributed by atoms with van der Waals surface area (Å²) in [5, 5.41) is 8.83. The van der Waals surface area contributed by atoms with Gasteiger partial charge in [0.1, 0.15) is 11.7 Å². The number of hydrogen-bond acceptors (Lipinski definition) is 3. The van der Waals surface area contributed by atoms with E-state index < -0.39 is 11.9 Å². The van der Waals surface area contributed by atoms with Crippen LogP contribution in [-0.4, -0.2) is 16.1 Å². The molecule has 0 aliphatic heterocycles. The summed E-state index contributed by atoms with van der Waals surface area (Å²) >= 11 is 0. The molecule has 0 saturated heterocycles. The molecule has 0 amide bonds. The van der Waals surface area contributed by atoms with Gasteiger partial charge < -0.3 is 9.52 Å². The van der Waals surface area contributed by atoms with E-state index in [9.17, 15) is 4.79 Å². The number of carbonyl (C=O) groups is 1. The van der Waals surface area contributed by atoms with Crippen molar-refractivity contribution in [1.29, 1.82) is 0 Å². The Morgan fingerprint density at radius 1 is 1.67 bits per heavy atom. The Labute approximate surface area is 70.2 Å². The predicted molar refractivity (Wildman–Crippen MR) is 41.7 cm³/mol. The molecular formula is C8H11NO3. The standard InChI is InChI=1S/C8H11NO3/c1-5(2)7(8(10)11)6-3-9-4-12-6/h3-5,7H,1-2H3,(H,10,11). The zero-order valence-electron chi connectivity index (χ0n) is 7.02. The lowest BCUT2D eigenvalue weighted by Gasteiger charge is -2.11. The summed E-state index contributed by atoms with van der Waals surface area (Å²) < 4.78 is 4.93. The molecule has 0 saturated carbocycles. The summed E-state index contributed by atoms with van der Waals surface area (Å²) in [6, 6.07) is 0. The first-order valence-electron chi connectivity index (χ1n) is 3.74. The average molecular weight is 169 g/mol. The lowest BCUT2D eigenvalue weighted by atomic mass is 9.94. The Morgan fingerprint density at radius 2 is 2.33 bits per heavy atom. The number of aliphatic carboxylic acids is 1. The number of carboxylic acids is 1. The molecule has 1 aromatic rings. The largest absolute Gasteiger partial charge is 0.481 e. The first-order chi connectivity index (χ1) is 5.63.